The van der Waals surface area contributed by atoms with Gasteiger partial charge >= 0.3 is 0 Å². The van der Waals surface area contributed by atoms with Gasteiger partial charge in [-0.3, -0.25) is 4.68 Å². The Labute approximate surface area is 115 Å². The average molecular weight is 264 g/mol. The molecule has 106 valence electrons. The second kappa shape index (κ2) is 5.25. The van der Waals surface area contributed by atoms with Crippen LogP contribution in [0.4, 0.5) is 0 Å². The molecule has 0 aromatic carbocycles. The normalized spacial score (nSPS) is 31.2. The molecule has 1 aromatic heterocycles. The summed E-state index contributed by atoms with van der Waals surface area (Å²) < 4.78 is 13.8. The van der Waals surface area contributed by atoms with Crippen LogP contribution in [-0.2, 0) is 22.3 Å². The molecule has 2 atom stereocenters. The Morgan fingerprint density at radius 3 is 2.95 bits per heavy atom. The maximum atomic E-state index is 6.02. The van der Waals surface area contributed by atoms with Crippen LogP contribution in [0.25, 0.3) is 0 Å². The van der Waals surface area contributed by atoms with Crippen LogP contribution in [-0.4, -0.2) is 35.2 Å². The Morgan fingerprint density at radius 2 is 2.26 bits per heavy atom. The molecule has 1 aromatic rings. The molecule has 0 bridgehead atoms. The maximum Gasteiger partial charge on any atom is 0.0957 e. The van der Waals surface area contributed by atoms with Gasteiger partial charge in [-0.1, -0.05) is 13.8 Å². The van der Waals surface area contributed by atoms with Crippen molar-refractivity contribution in [2.45, 2.75) is 57.6 Å². The van der Waals surface area contributed by atoms with Gasteiger partial charge in [0, 0.05) is 31.7 Å². The number of ether oxygens (including phenoxy) is 2. The van der Waals surface area contributed by atoms with Gasteiger partial charge < -0.3 is 9.47 Å². The lowest BCUT2D eigenvalue weighted by Gasteiger charge is -2.37. The second-order valence-corrected chi connectivity index (χ2v) is 5.76. The highest BCUT2D eigenvalue weighted by Gasteiger charge is 2.42. The van der Waals surface area contributed by atoms with Crippen LogP contribution in [0.5, 0.6) is 0 Å². The van der Waals surface area contributed by atoms with Gasteiger partial charge in [0.1, 0.15) is 0 Å². The molecule has 4 heteroatoms. The first kappa shape index (κ1) is 13.1. The van der Waals surface area contributed by atoms with Gasteiger partial charge in [-0.25, -0.2) is 0 Å². The van der Waals surface area contributed by atoms with Gasteiger partial charge in [0.05, 0.1) is 23.9 Å². The van der Waals surface area contributed by atoms with Crippen LogP contribution in [0.1, 0.15) is 50.5 Å². The molecule has 0 amide bonds. The molecular formula is C15H24N2O2. The molecule has 0 aliphatic carbocycles. The quantitative estimate of drug-likeness (QED) is 0.841. The molecule has 3 rings (SSSR count). The molecule has 1 spiro atoms. The summed E-state index contributed by atoms with van der Waals surface area (Å²) >= 11 is 0. The number of aryl methyl sites for hydroxylation is 2. The van der Waals surface area contributed by atoms with Crippen molar-refractivity contribution in [3.8, 4) is 0 Å². The van der Waals surface area contributed by atoms with Crippen LogP contribution in [0, 0.1) is 0 Å². The van der Waals surface area contributed by atoms with E-state index in [-0.39, 0.29) is 5.60 Å². The van der Waals surface area contributed by atoms with Crippen LogP contribution in [0.2, 0.25) is 0 Å². The summed E-state index contributed by atoms with van der Waals surface area (Å²) in [5.41, 5.74) is 2.53. The summed E-state index contributed by atoms with van der Waals surface area (Å²) in [6, 6.07) is 2.73. The smallest absolute Gasteiger partial charge is 0.0957 e. The van der Waals surface area contributed by atoms with E-state index in [1.807, 2.05) is 0 Å². The largest absolute Gasteiger partial charge is 0.378 e. The van der Waals surface area contributed by atoms with E-state index in [1.54, 1.807) is 0 Å². The summed E-state index contributed by atoms with van der Waals surface area (Å²) in [4.78, 5) is 0. The average Bonchev–Trinajstić information content (AvgIpc) is 3.05. The molecule has 0 saturated carbocycles. The number of hydrogen-bond acceptors (Lipinski definition) is 3. The zero-order chi connectivity index (χ0) is 13.3. The molecule has 0 radical (unpaired) electrons. The summed E-state index contributed by atoms with van der Waals surface area (Å²) in [7, 11) is 0. The first-order chi connectivity index (χ1) is 9.26. The number of hydrogen-bond donors (Lipinski definition) is 0. The van der Waals surface area contributed by atoms with Crippen molar-refractivity contribution < 1.29 is 9.47 Å². The van der Waals surface area contributed by atoms with Crippen molar-refractivity contribution in [3.05, 3.63) is 17.5 Å². The summed E-state index contributed by atoms with van der Waals surface area (Å²) in [5, 5.41) is 4.80. The van der Waals surface area contributed by atoms with Crippen LogP contribution < -0.4 is 0 Å². The predicted octanol–water partition coefficient (Wildman–Crippen LogP) is 2.52. The van der Waals surface area contributed by atoms with E-state index in [9.17, 15) is 0 Å². The first-order valence-electron chi connectivity index (χ1n) is 7.55. The molecule has 4 nitrogen and oxygen atoms in total. The lowest BCUT2D eigenvalue weighted by atomic mass is 9.89. The highest BCUT2D eigenvalue weighted by molar-refractivity contribution is 5.12. The van der Waals surface area contributed by atoms with Gasteiger partial charge in [0.2, 0.25) is 0 Å². The SMILES string of the molecule is CCc1cc(CC)n(C2CCOC3(CCOC3)C2)n1. The lowest BCUT2D eigenvalue weighted by molar-refractivity contribution is -0.0965. The Bertz CT molecular complexity index is 435. The van der Waals surface area contributed by atoms with Crippen molar-refractivity contribution in [1.29, 1.82) is 0 Å². The van der Waals surface area contributed by atoms with Crippen LogP contribution in [0.3, 0.4) is 0 Å². The van der Waals surface area contributed by atoms with Gasteiger partial charge in [-0.2, -0.15) is 5.10 Å². The third-order valence-corrected chi connectivity index (χ3v) is 4.47. The molecule has 19 heavy (non-hydrogen) atoms. The van der Waals surface area contributed by atoms with Gasteiger partial charge in [0.15, 0.2) is 0 Å². The highest BCUT2D eigenvalue weighted by Crippen LogP contribution is 2.38. The van der Waals surface area contributed by atoms with E-state index in [2.05, 4.69) is 24.6 Å². The minimum atomic E-state index is -0.0355. The first-order valence-corrected chi connectivity index (χ1v) is 7.55. The Kier molecular flexibility index (Phi) is 3.63. The zero-order valence-corrected chi connectivity index (χ0v) is 12.0. The maximum absolute atomic E-state index is 6.02. The zero-order valence-electron chi connectivity index (χ0n) is 12.0. The molecule has 2 aliphatic heterocycles. The minimum absolute atomic E-state index is 0.0355. The molecule has 2 fully saturated rings. The summed E-state index contributed by atoms with van der Waals surface area (Å²) in [6.07, 6.45) is 5.21. The standard InChI is InChI=1S/C15H24N2O2/c1-3-12-9-13(4-2)17(16-12)14-5-7-19-15(10-14)6-8-18-11-15/h9,14H,3-8,10-11H2,1-2H3. The molecule has 0 N–H and O–H groups in total. The molecular weight excluding hydrogens is 240 g/mol. The number of rotatable bonds is 3. The highest BCUT2D eigenvalue weighted by atomic mass is 16.6. The fraction of sp³-hybridized carbons (Fsp3) is 0.800. The minimum Gasteiger partial charge on any atom is -0.378 e. The van der Waals surface area contributed by atoms with Crippen molar-refractivity contribution in [1.82, 2.24) is 9.78 Å². The molecule has 2 aliphatic rings. The van der Waals surface area contributed by atoms with E-state index in [0.29, 0.717) is 6.04 Å². The fourth-order valence-corrected chi connectivity index (χ4v) is 3.32. The van der Waals surface area contributed by atoms with E-state index in [0.717, 1.165) is 51.9 Å². The third-order valence-electron chi connectivity index (χ3n) is 4.47. The van der Waals surface area contributed by atoms with Gasteiger partial charge in [-0.15, -0.1) is 0 Å². The molecule has 2 saturated heterocycles. The second-order valence-electron chi connectivity index (χ2n) is 5.76. The lowest BCUT2D eigenvalue weighted by Crippen LogP contribution is -2.41. The van der Waals surface area contributed by atoms with E-state index < -0.39 is 0 Å². The van der Waals surface area contributed by atoms with Crippen molar-refractivity contribution >= 4 is 0 Å². The Hall–Kier alpha value is -0.870. The summed E-state index contributed by atoms with van der Waals surface area (Å²) in [5.74, 6) is 0. The number of nitrogens with zero attached hydrogens (tertiary/aromatic N) is 2. The monoisotopic (exact) mass is 264 g/mol. The topological polar surface area (TPSA) is 36.3 Å². The van der Waals surface area contributed by atoms with E-state index in [4.69, 9.17) is 14.6 Å². The van der Waals surface area contributed by atoms with E-state index in [1.165, 1.54) is 11.4 Å². The molecule has 3 heterocycles. The Morgan fingerprint density at radius 1 is 1.37 bits per heavy atom. The van der Waals surface area contributed by atoms with Crippen molar-refractivity contribution in [2.75, 3.05) is 19.8 Å². The predicted molar refractivity (Wildman–Crippen MR) is 73.4 cm³/mol. The Balaban J connectivity index is 1.83. The number of aromatic nitrogens is 2. The van der Waals surface area contributed by atoms with Gasteiger partial charge in [0.25, 0.3) is 0 Å². The van der Waals surface area contributed by atoms with Crippen LogP contribution >= 0.6 is 0 Å². The van der Waals surface area contributed by atoms with E-state index >= 15 is 0 Å². The molecule has 2 unspecified atom stereocenters. The van der Waals surface area contributed by atoms with Crippen molar-refractivity contribution in [3.63, 3.8) is 0 Å². The van der Waals surface area contributed by atoms with Gasteiger partial charge in [-0.05, 0) is 25.3 Å². The summed E-state index contributed by atoms with van der Waals surface area (Å²) in [6.45, 7) is 6.81. The fourth-order valence-electron chi connectivity index (χ4n) is 3.32. The van der Waals surface area contributed by atoms with Crippen LogP contribution in [0.15, 0.2) is 6.07 Å². The van der Waals surface area contributed by atoms with Crippen molar-refractivity contribution in [2.24, 2.45) is 0 Å². The third kappa shape index (κ3) is 2.43.